The normalized spacial score (nSPS) is 11.3. The number of nitrogens with zero attached hydrogens (tertiary/aromatic N) is 1. The van der Waals surface area contributed by atoms with Crippen molar-refractivity contribution >= 4 is 27.7 Å². The molecule has 0 radical (unpaired) electrons. The van der Waals surface area contributed by atoms with Gasteiger partial charge in [-0.2, -0.15) is 0 Å². The molecule has 0 fully saturated rings. The lowest BCUT2D eigenvalue weighted by molar-refractivity contribution is -0.143. The van der Waals surface area contributed by atoms with Crippen molar-refractivity contribution in [3.8, 4) is 11.4 Å². The van der Waals surface area contributed by atoms with Crippen LogP contribution in [-0.4, -0.2) is 29.5 Å². The first kappa shape index (κ1) is 24.8. The van der Waals surface area contributed by atoms with Crippen LogP contribution in [0.25, 0.3) is 5.69 Å². The lowest BCUT2D eigenvalue weighted by Crippen LogP contribution is -2.16. The van der Waals surface area contributed by atoms with Gasteiger partial charge in [0.25, 0.3) is 0 Å². The summed E-state index contributed by atoms with van der Waals surface area (Å²) in [7, 11) is 0. The molecule has 0 saturated carbocycles. The van der Waals surface area contributed by atoms with Crippen LogP contribution in [0.2, 0.25) is 0 Å². The third kappa shape index (κ3) is 6.35. The number of ether oxygens (including phenoxy) is 2. The molecule has 0 aliphatic rings. The second-order valence-corrected chi connectivity index (χ2v) is 9.97. The number of halogens is 1. The van der Waals surface area contributed by atoms with Gasteiger partial charge in [0.15, 0.2) is 6.61 Å². The number of aryl methyl sites for hydroxylation is 1. The van der Waals surface area contributed by atoms with Gasteiger partial charge in [-0.05, 0) is 67.3 Å². The first-order valence-corrected chi connectivity index (χ1v) is 11.7. The average molecular weight is 512 g/mol. The SMILES string of the molecule is Cc1cc(C(=O)COC(=O)CCOc2ccc(C(C)(C)C)cc2)c(C)n1-c1ccc(Br)cc1. The number of carbonyl (C=O) groups is 2. The molecular formula is C27H30BrNO4. The van der Waals surface area contributed by atoms with E-state index in [1.54, 1.807) is 0 Å². The highest BCUT2D eigenvalue weighted by molar-refractivity contribution is 9.10. The number of esters is 1. The van der Waals surface area contributed by atoms with Crippen LogP contribution in [0.1, 0.15) is 54.5 Å². The predicted molar refractivity (Wildman–Crippen MR) is 133 cm³/mol. The fourth-order valence-corrected chi connectivity index (χ4v) is 3.90. The minimum atomic E-state index is -0.462. The van der Waals surface area contributed by atoms with Gasteiger partial charge in [0, 0.05) is 27.1 Å². The molecule has 0 atom stereocenters. The third-order valence-electron chi connectivity index (χ3n) is 5.48. The lowest BCUT2D eigenvalue weighted by Gasteiger charge is -2.19. The maximum absolute atomic E-state index is 12.7. The Morgan fingerprint density at radius 2 is 1.61 bits per heavy atom. The minimum absolute atomic E-state index is 0.0744. The Balaban J connectivity index is 1.51. The highest BCUT2D eigenvalue weighted by Crippen LogP contribution is 2.25. The zero-order valence-corrected chi connectivity index (χ0v) is 21.4. The summed E-state index contributed by atoms with van der Waals surface area (Å²) in [6.07, 6.45) is 0.0756. The molecular weight excluding hydrogens is 482 g/mol. The van der Waals surface area contributed by atoms with Gasteiger partial charge in [-0.15, -0.1) is 0 Å². The van der Waals surface area contributed by atoms with Crippen molar-refractivity contribution in [2.75, 3.05) is 13.2 Å². The van der Waals surface area contributed by atoms with Crippen molar-refractivity contribution in [2.45, 2.75) is 46.5 Å². The summed E-state index contributed by atoms with van der Waals surface area (Å²) >= 11 is 3.44. The van der Waals surface area contributed by atoms with Gasteiger partial charge in [-0.25, -0.2) is 0 Å². The van der Waals surface area contributed by atoms with Crippen molar-refractivity contribution < 1.29 is 19.1 Å². The van der Waals surface area contributed by atoms with Gasteiger partial charge in [0.2, 0.25) is 5.78 Å². The first-order valence-electron chi connectivity index (χ1n) is 10.9. The standard InChI is InChI=1S/C27H30BrNO4/c1-18-16-24(19(2)29(18)22-10-8-21(28)9-11-22)25(30)17-33-26(31)14-15-32-23-12-6-20(7-13-23)27(3,4)5/h6-13,16H,14-15,17H2,1-5H3. The van der Waals surface area contributed by atoms with E-state index in [-0.39, 0.29) is 30.8 Å². The molecule has 0 saturated heterocycles. The van der Waals surface area contributed by atoms with Crippen LogP contribution in [-0.2, 0) is 14.9 Å². The Labute approximate surface area is 203 Å². The van der Waals surface area contributed by atoms with E-state index in [0.29, 0.717) is 11.3 Å². The second kappa shape index (κ2) is 10.4. The number of aromatic nitrogens is 1. The summed E-state index contributed by atoms with van der Waals surface area (Å²) in [6.45, 7) is 10.2. The van der Waals surface area contributed by atoms with Crippen LogP contribution in [0.3, 0.4) is 0 Å². The molecule has 1 aromatic heterocycles. The molecule has 6 heteroatoms. The van der Waals surface area contributed by atoms with E-state index in [4.69, 9.17) is 9.47 Å². The van der Waals surface area contributed by atoms with Crippen LogP contribution in [0.4, 0.5) is 0 Å². The zero-order valence-electron chi connectivity index (χ0n) is 19.8. The highest BCUT2D eigenvalue weighted by atomic mass is 79.9. The topological polar surface area (TPSA) is 57.5 Å². The highest BCUT2D eigenvalue weighted by Gasteiger charge is 2.18. The maximum Gasteiger partial charge on any atom is 0.309 e. The van der Waals surface area contributed by atoms with Crippen LogP contribution < -0.4 is 4.74 Å². The molecule has 0 spiro atoms. The molecule has 0 N–H and O–H groups in total. The molecule has 0 bridgehead atoms. The van der Waals surface area contributed by atoms with Gasteiger partial charge in [-0.1, -0.05) is 48.8 Å². The molecule has 3 aromatic rings. The van der Waals surface area contributed by atoms with E-state index in [1.807, 2.05) is 73.0 Å². The number of hydrogen-bond donors (Lipinski definition) is 0. The largest absolute Gasteiger partial charge is 0.493 e. The smallest absolute Gasteiger partial charge is 0.309 e. The summed E-state index contributed by atoms with van der Waals surface area (Å²) in [6, 6.07) is 17.6. The van der Waals surface area contributed by atoms with Crippen molar-refractivity contribution in [3.63, 3.8) is 0 Å². The van der Waals surface area contributed by atoms with Crippen LogP contribution >= 0.6 is 15.9 Å². The van der Waals surface area contributed by atoms with Gasteiger partial charge in [0.05, 0.1) is 13.0 Å². The average Bonchev–Trinajstić information content (AvgIpc) is 3.06. The quantitative estimate of drug-likeness (QED) is 0.261. The van der Waals surface area contributed by atoms with Gasteiger partial charge in [0.1, 0.15) is 5.75 Å². The monoisotopic (exact) mass is 511 g/mol. The fraction of sp³-hybridized carbons (Fsp3) is 0.333. The Hall–Kier alpha value is -2.86. The molecule has 0 aliphatic heterocycles. The Bertz CT molecular complexity index is 1120. The molecule has 3 rings (SSSR count). The van der Waals surface area contributed by atoms with Crippen molar-refractivity contribution in [1.82, 2.24) is 4.57 Å². The number of hydrogen-bond acceptors (Lipinski definition) is 4. The Morgan fingerprint density at radius 1 is 0.970 bits per heavy atom. The van der Waals surface area contributed by atoms with Crippen LogP contribution in [0.15, 0.2) is 59.1 Å². The molecule has 5 nitrogen and oxygen atoms in total. The summed E-state index contributed by atoms with van der Waals surface area (Å²) in [5.74, 6) is 0.0159. The lowest BCUT2D eigenvalue weighted by atomic mass is 9.87. The van der Waals surface area contributed by atoms with Crippen molar-refractivity contribution in [3.05, 3.63) is 81.6 Å². The third-order valence-corrected chi connectivity index (χ3v) is 6.00. The predicted octanol–water partition coefficient (Wildman–Crippen LogP) is 6.35. The first-order chi connectivity index (χ1) is 15.6. The zero-order chi connectivity index (χ0) is 24.2. The minimum Gasteiger partial charge on any atom is -0.493 e. The van der Waals surface area contributed by atoms with Crippen molar-refractivity contribution in [1.29, 1.82) is 0 Å². The summed E-state index contributed by atoms with van der Waals surface area (Å²) in [5.41, 5.74) is 4.57. The van der Waals surface area contributed by atoms with Crippen LogP contribution in [0, 0.1) is 13.8 Å². The van der Waals surface area contributed by atoms with Gasteiger partial charge >= 0.3 is 5.97 Å². The number of carbonyl (C=O) groups excluding carboxylic acids is 2. The summed E-state index contributed by atoms with van der Waals surface area (Å²) in [5, 5.41) is 0. The second-order valence-electron chi connectivity index (χ2n) is 9.05. The molecule has 33 heavy (non-hydrogen) atoms. The van der Waals surface area contributed by atoms with E-state index < -0.39 is 5.97 Å². The molecule has 1 heterocycles. The summed E-state index contributed by atoms with van der Waals surface area (Å²) < 4.78 is 13.8. The van der Waals surface area contributed by atoms with Gasteiger partial charge in [-0.3, -0.25) is 9.59 Å². The van der Waals surface area contributed by atoms with E-state index in [0.717, 1.165) is 21.5 Å². The Kier molecular flexibility index (Phi) is 7.80. The molecule has 174 valence electrons. The number of rotatable bonds is 8. The summed E-state index contributed by atoms with van der Waals surface area (Å²) in [4.78, 5) is 24.8. The fourth-order valence-electron chi connectivity index (χ4n) is 3.63. The molecule has 2 aromatic carbocycles. The molecule has 0 unspecified atom stereocenters. The van der Waals surface area contributed by atoms with Crippen LogP contribution in [0.5, 0.6) is 5.75 Å². The molecule has 0 amide bonds. The number of Topliss-reactive ketones (excluding diaryl/α,β-unsaturated/α-hetero) is 1. The number of benzene rings is 2. The van der Waals surface area contributed by atoms with E-state index in [9.17, 15) is 9.59 Å². The van der Waals surface area contributed by atoms with Crippen molar-refractivity contribution in [2.24, 2.45) is 0 Å². The van der Waals surface area contributed by atoms with E-state index in [2.05, 4.69) is 36.7 Å². The Morgan fingerprint density at radius 3 is 2.21 bits per heavy atom. The molecule has 0 aliphatic carbocycles. The maximum atomic E-state index is 12.7. The number of ketones is 1. The van der Waals surface area contributed by atoms with E-state index >= 15 is 0 Å². The van der Waals surface area contributed by atoms with Gasteiger partial charge < -0.3 is 14.0 Å². The van der Waals surface area contributed by atoms with E-state index in [1.165, 1.54) is 5.56 Å².